The normalized spacial score (nSPS) is 12.2. The van der Waals surface area contributed by atoms with Crippen LogP contribution in [0.1, 0.15) is 35.8 Å². The molecular formula is C27H28FN3S. The van der Waals surface area contributed by atoms with Crippen molar-refractivity contribution in [1.82, 2.24) is 10.3 Å². The van der Waals surface area contributed by atoms with Crippen LogP contribution in [0.15, 0.2) is 78.1 Å². The number of aromatic nitrogens is 1. The number of hydrogen-bond donors (Lipinski definition) is 2. The number of hydrogen-bond acceptors (Lipinski definition) is 2. The third-order valence-electron chi connectivity index (χ3n) is 5.43. The van der Waals surface area contributed by atoms with E-state index in [2.05, 4.69) is 60.7 Å². The molecule has 3 nitrogen and oxygen atoms in total. The van der Waals surface area contributed by atoms with Crippen LogP contribution in [0.2, 0.25) is 0 Å². The van der Waals surface area contributed by atoms with Crippen LogP contribution >= 0.6 is 11.3 Å². The zero-order chi connectivity index (χ0) is 22.3. The first-order valence-corrected chi connectivity index (χ1v) is 11.9. The number of thiophene rings is 1. The lowest BCUT2D eigenvalue weighted by atomic mass is 10.1. The Morgan fingerprint density at radius 2 is 1.97 bits per heavy atom. The number of para-hydroxylation sites is 1. The lowest BCUT2D eigenvalue weighted by Gasteiger charge is -2.09. The standard InChI is InChI=1S/C27H28FN3S/c1-3-4-7-15-29-27(30-16-14-21-18-31-25-9-6-5-8-23(21)25)24-17-26(32-19(24)2)20-10-12-22(28)13-11-20/h5-13,15,17-18,31H,3-4,14,16H2,1-2H3,(H,29,30)/b15-7+. The molecule has 0 saturated heterocycles. The summed E-state index contributed by atoms with van der Waals surface area (Å²) in [6.45, 7) is 5.05. The highest BCUT2D eigenvalue weighted by Gasteiger charge is 2.13. The van der Waals surface area contributed by atoms with E-state index in [4.69, 9.17) is 4.99 Å². The van der Waals surface area contributed by atoms with Crippen LogP contribution in [-0.2, 0) is 6.42 Å². The number of aryl methyl sites for hydroxylation is 1. The average molecular weight is 446 g/mol. The maximum atomic E-state index is 13.3. The smallest absolute Gasteiger partial charge is 0.134 e. The Bertz CT molecular complexity index is 1230. The first-order chi connectivity index (χ1) is 15.7. The van der Waals surface area contributed by atoms with E-state index in [1.54, 1.807) is 11.3 Å². The molecule has 32 heavy (non-hydrogen) atoms. The van der Waals surface area contributed by atoms with Crippen molar-refractivity contribution >= 4 is 28.1 Å². The molecule has 0 radical (unpaired) electrons. The van der Waals surface area contributed by atoms with Gasteiger partial charge < -0.3 is 10.3 Å². The second-order valence-corrected chi connectivity index (χ2v) is 9.03. The molecule has 0 aliphatic rings. The maximum Gasteiger partial charge on any atom is 0.134 e. The minimum atomic E-state index is -0.218. The quantitative estimate of drug-likeness (QED) is 0.218. The van der Waals surface area contributed by atoms with Gasteiger partial charge in [-0.25, -0.2) is 9.38 Å². The zero-order valence-electron chi connectivity index (χ0n) is 18.5. The largest absolute Gasteiger partial charge is 0.369 e. The first-order valence-electron chi connectivity index (χ1n) is 11.0. The molecule has 0 saturated carbocycles. The number of aromatic amines is 1. The molecule has 0 atom stereocenters. The van der Waals surface area contributed by atoms with Gasteiger partial charge in [-0.2, -0.15) is 0 Å². The SMILES string of the molecule is CCC/C=C/N=C(/NCCc1c[nH]c2ccccc12)c1cc(-c2ccc(F)cc2)sc1C. The third-order valence-corrected chi connectivity index (χ3v) is 6.53. The molecule has 0 unspecified atom stereocenters. The molecule has 4 rings (SSSR count). The minimum absolute atomic E-state index is 0.218. The molecule has 0 bridgehead atoms. The summed E-state index contributed by atoms with van der Waals surface area (Å²) in [5.74, 6) is 0.656. The van der Waals surface area contributed by atoms with E-state index in [0.717, 1.165) is 53.2 Å². The Labute approximate surface area is 192 Å². The summed E-state index contributed by atoms with van der Waals surface area (Å²) in [4.78, 5) is 10.4. The number of unbranched alkanes of at least 4 members (excludes halogenated alkanes) is 1. The Kier molecular flexibility index (Phi) is 7.17. The van der Waals surface area contributed by atoms with Crippen molar-refractivity contribution in [3.63, 3.8) is 0 Å². The molecule has 0 aliphatic carbocycles. The van der Waals surface area contributed by atoms with Crippen molar-refractivity contribution in [3.05, 3.63) is 94.9 Å². The molecule has 164 valence electrons. The summed E-state index contributed by atoms with van der Waals surface area (Å²) >= 11 is 1.71. The van der Waals surface area contributed by atoms with Crippen molar-refractivity contribution in [2.75, 3.05) is 6.54 Å². The number of halogens is 1. The Hall–Kier alpha value is -3.18. The number of aliphatic imine (C=N–C) groups is 1. The highest BCUT2D eigenvalue weighted by molar-refractivity contribution is 7.15. The lowest BCUT2D eigenvalue weighted by Crippen LogP contribution is -2.26. The molecule has 0 amide bonds. The lowest BCUT2D eigenvalue weighted by molar-refractivity contribution is 0.628. The molecule has 0 fully saturated rings. The van der Waals surface area contributed by atoms with Crippen molar-refractivity contribution < 1.29 is 4.39 Å². The fourth-order valence-electron chi connectivity index (χ4n) is 3.71. The Morgan fingerprint density at radius 3 is 2.78 bits per heavy atom. The average Bonchev–Trinajstić information content (AvgIpc) is 3.39. The van der Waals surface area contributed by atoms with Crippen molar-refractivity contribution in [3.8, 4) is 10.4 Å². The second kappa shape index (κ2) is 10.4. The zero-order valence-corrected chi connectivity index (χ0v) is 19.3. The summed E-state index contributed by atoms with van der Waals surface area (Å²) < 4.78 is 13.3. The maximum absolute atomic E-state index is 13.3. The molecule has 2 heterocycles. The van der Waals surface area contributed by atoms with E-state index >= 15 is 0 Å². The van der Waals surface area contributed by atoms with Crippen LogP contribution in [0.5, 0.6) is 0 Å². The summed E-state index contributed by atoms with van der Waals surface area (Å²) in [7, 11) is 0. The van der Waals surface area contributed by atoms with Crippen LogP contribution in [0.4, 0.5) is 4.39 Å². The van der Waals surface area contributed by atoms with Crippen molar-refractivity contribution in [1.29, 1.82) is 0 Å². The van der Waals surface area contributed by atoms with Gasteiger partial charge in [0.25, 0.3) is 0 Å². The van der Waals surface area contributed by atoms with E-state index in [0.29, 0.717) is 0 Å². The van der Waals surface area contributed by atoms with Crippen LogP contribution in [0.3, 0.4) is 0 Å². The van der Waals surface area contributed by atoms with Crippen LogP contribution in [0, 0.1) is 12.7 Å². The van der Waals surface area contributed by atoms with E-state index in [1.165, 1.54) is 28.0 Å². The van der Waals surface area contributed by atoms with Gasteiger partial charge in [0.1, 0.15) is 11.7 Å². The number of allylic oxidation sites excluding steroid dienone is 1. The van der Waals surface area contributed by atoms with E-state index < -0.39 is 0 Å². The van der Waals surface area contributed by atoms with Gasteiger partial charge in [-0.05, 0) is 55.2 Å². The molecule has 2 N–H and O–H groups in total. The monoisotopic (exact) mass is 445 g/mol. The summed E-state index contributed by atoms with van der Waals surface area (Å²) in [6.07, 6.45) is 9.09. The van der Waals surface area contributed by atoms with Crippen molar-refractivity contribution in [2.24, 2.45) is 4.99 Å². The topological polar surface area (TPSA) is 40.2 Å². The van der Waals surface area contributed by atoms with Gasteiger partial charge >= 0.3 is 0 Å². The number of nitrogens with one attached hydrogen (secondary N) is 2. The van der Waals surface area contributed by atoms with Crippen LogP contribution in [0.25, 0.3) is 21.3 Å². The summed E-state index contributed by atoms with van der Waals surface area (Å²) in [5.41, 5.74) is 4.57. The number of benzene rings is 2. The van der Waals surface area contributed by atoms with E-state index in [-0.39, 0.29) is 5.82 Å². The van der Waals surface area contributed by atoms with Gasteiger partial charge in [0.2, 0.25) is 0 Å². The van der Waals surface area contributed by atoms with Gasteiger partial charge in [-0.15, -0.1) is 11.3 Å². The second-order valence-electron chi connectivity index (χ2n) is 7.77. The predicted molar refractivity (Wildman–Crippen MR) is 135 cm³/mol. The molecule has 0 spiro atoms. The molecule has 5 heteroatoms. The fraction of sp³-hybridized carbons (Fsp3) is 0.222. The number of nitrogens with zero attached hydrogens (tertiary/aromatic N) is 1. The highest BCUT2D eigenvalue weighted by atomic mass is 32.1. The van der Waals surface area contributed by atoms with Crippen molar-refractivity contribution in [2.45, 2.75) is 33.1 Å². The van der Waals surface area contributed by atoms with Crippen LogP contribution in [-0.4, -0.2) is 17.4 Å². The molecule has 4 aromatic rings. The summed E-state index contributed by atoms with van der Waals surface area (Å²) in [6, 6.07) is 17.2. The van der Waals surface area contributed by atoms with E-state index in [9.17, 15) is 4.39 Å². The number of rotatable bonds is 8. The van der Waals surface area contributed by atoms with Crippen LogP contribution < -0.4 is 5.32 Å². The fourth-order valence-corrected chi connectivity index (χ4v) is 4.73. The summed E-state index contributed by atoms with van der Waals surface area (Å²) in [5, 5.41) is 4.83. The van der Waals surface area contributed by atoms with Gasteiger partial charge in [-0.3, -0.25) is 0 Å². The number of fused-ring (bicyclic) bond motifs is 1. The van der Waals surface area contributed by atoms with Gasteiger partial charge in [0.15, 0.2) is 0 Å². The molecule has 2 aromatic heterocycles. The highest BCUT2D eigenvalue weighted by Crippen LogP contribution is 2.31. The minimum Gasteiger partial charge on any atom is -0.369 e. The number of H-pyrrole nitrogens is 1. The van der Waals surface area contributed by atoms with Gasteiger partial charge in [-0.1, -0.05) is 49.8 Å². The molecule has 0 aliphatic heterocycles. The number of amidine groups is 1. The Morgan fingerprint density at radius 1 is 1.16 bits per heavy atom. The van der Waals surface area contributed by atoms with Gasteiger partial charge in [0, 0.05) is 45.2 Å². The molecule has 2 aromatic carbocycles. The predicted octanol–water partition coefficient (Wildman–Crippen LogP) is 7.24. The van der Waals surface area contributed by atoms with E-state index in [1.807, 2.05) is 24.4 Å². The molecular weight excluding hydrogens is 417 g/mol. The Balaban J connectivity index is 1.54. The van der Waals surface area contributed by atoms with Gasteiger partial charge in [0.05, 0.1) is 0 Å². The first kappa shape index (κ1) is 22.0. The third kappa shape index (κ3) is 5.17.